The van der Waals surface area contributed by atoms with E-state index >= 15 is 0 Å². The van der Waals surface area contributed by atoms with Crippen molar-refractivity contribution < 1.29 is 24.3 Å². The number of imide groups is 1. The molecule has 2 rings (SSSR count). The van der Waals surface area contributed by atoms with Crippen LogP contribution in [0.5, 0.6) is 0 Å². The summed E-state index contributed by atoms with van der Waals surface area (Å²) in [5, 5.41) is 11.1. The molecule has 0 saturated heterocycles. The maximum absolute atomic E-state index is 12.2. The van der Waals surface area contributed by atoms with Crippen molar-refractivity contribution in [2.45, 2.75) is 12.8 Å². The van der Waals surface area contributed by atoms with Gasteiger partial charge in [-0.2, -0.15) is 0 Å². The normalized spacial score (nSPS) is 13.0. The Bertz CT molecular complexity index is 638. The number of carbonyl (C=O) groups excluding carboxylic acids is 3. The number of hydrogen-bond acceptors (Lipinski definition) is 4. The molecule has 1 aliphatic heterocycles. The Labute approximate surface area is 139 Å². The fourth-order valence-corrected chi connectivity index (χ4v) is 2.36. The second kappa shape index (κ2) is 7.58. The van der Waals surface area contributed by atoms with Crippen LogP contribution in [0.15, 0.2) is 24.3 Å². The van der Waals surface area contributed by atoms with Crippen LogP contribution >= 0.6 is 0 Å². The standard InChI is InChI=1S/C16H19N3O5/c1-18(16(24)17-8-4-7-13(20)21)9-10-19-14(22)11-5-2-3-6-12(11)15(19)23/h2-3,5-6H,4,7-10H2,1H3,(H,17,24)(H,20,21). The Morgan fingerprint density at radius 3 is 2.29 bits per heavy atom. The Kier molecular flexibility index (Phi) is 5.51. The summed E-state index contributed by atoms with van der Waals surface area (Å²) in [6.07, 6.45) is 0.326. The lowest BCUT2D eigenvalue weighted by Gasteiger charge is -2.21. The highest BCUT2D eigenvalue weighted by molar-refractivity contribution is 6.21. The number of aliphatic carboxylic acids is 1. The number of carboxylic acids is 1. The molecular formula is C16H19N3O5. The van der Waals surface area contributed by atoms with Crippen LogP contribution in [0.2, 0.25) is 0 Å². The van der Waals surface area contributed by atoms with Gasteiger partial charge in [-0.15, -0.1) is 0 Å². The molecule has 0 radical (unpaired) electrons. The molecule has 1 aromatic carbocycles. The van der Waals surface area contributed by atoms with Crippen molar-refractivity contribution in [1.82, 2.24) is 15.1 Å². The Balaban J connectivity index is 1.81. The van der Waals surface area contributed by atoms with E-state index in [0.717, 1.165) is 4.90 Å². The monoisotopic (exact) mass is 333 g/mol. The average molecular weight is 333 g/mol. The van der Waals surface area contributed by atoms with E-state index in [1.807, 2.05) is 0 Å². The number of carbonyl (C=O) groups is 4. The van der Waals surface area contributed by atoms with Gasteiger partial charge in [0.15, 0.2) is 0 Å². The predicted molar refractivity (Wildman–Crippen MR) is 84.7 cm³/mol. The zero-order valence-corrected chi connectivity index (χ0v) is 13.3. The number of rotatable bonds is 7. The minimum atomic E-state index is -0.914. The van der Waals surface area contributed by atoms with Crippen LogP contribution in [0.25, 0.3) is 0 Å². The number of carboxylic acid groups (broad SMARTS) is 1. The highest BCUT2D eigenvalue weighted by Crippen LogP contribution is 2.21. The fraction of sp³-hybridized carbons (Fsp3) is 0.375. The Morgan fingerprint density at radius 2 is 1.75 bits per heavy atom. The molecule has 128 valence electrons. The molecule has 1 aromatic rings. The van der Waals surface area contributed by atoms with Crippen LogP contribution in [-0.4, -0.2) is 65.4 Å². The predicted octanol–water partition coefficient (Wildman–Crippen LogP) is 0.789. The first-order valence-corrected chi connectivity index (χ1v) is 7.58. The van der Waals surface area contributed by atoms with Crippen molar-refractivity contribution >= 4 is 23.8 Å². The van der Waals surface area contributed by atoms with Crippen molar-refractivity contribution in [2.24, 2.45) is 0 Å². The molecule has 0 aromatic heterocycles. The highest BCUT2D eigenvalue weighted by atomic mass is 16.4. The second-order valence-electron chi connectivity index (χ2n) is 5.46. The first-order chi connectivity index (χ1) is 11.4. The smallest absolute Gasteiger partial charge is 0.317 e. The second-order valence-corrected chi connectivity index (χ2v) is 5.46. The average Bonchev–Trinajstić information content (AvgIpc) is 2.80. The first-order valence-electron chi connectivity index (χ1n) is 7.58. The van der Waals surface area contributed by atoms with Gasteiger partial charge in [0.2, 0.25) is 0 Å². The molecule has 1 heterocycles. The maximum atomic E-state index is 12.2. The lowest BCUT2D eigenvalue weighted by molar-refractivity contribution is -0.137. The van der Waals surface area contributed by atoms with Crippen LogP contribution in [0.3, 0.4) is 0 Å². The zero-order chi connectivity index (χ0) is 17.7. The number of hydrogen-bond donors (Lipinski definition) is 2. The topological polar surface area (TPSA) is 107 Å². The number of fused-ring (bicyclic) bond motifs is 1. The molecule has 8 heteroatoms. The minimum Gasteiger partial charge on any atom is -0.481 e. The van der Waals surface area contributed by atoms with Crippen LogP contribution in [0.1, 0.15) is 33.6 Å². The van der Waals surface area contributed by atoms with Gasteiger partial charge in [0.1, 0.15) is 0 Å². The van der Waals surface area contributed by atoms with Gasteiger partial charge < -0.3 is 15.3 Å². The van der Waals surface area contributed by atoms with Gasteiger partial charge in [-0.05, 0) is 18.6 Å². The molecule has 0 unspecified atom stereocenters. The number of amides is 4. The summed E-state index contributed by atoms with van der Waals surface area (Å²) < 4.78 is 0. The van der Waals surface area contributed by atoms with Crippen molar-refractivity contribution in [3.8, 4) is 0 Å². The van der Waals surface area contributed by atoms with Crippen molar-refractivity contribution in [2.75, 3.05) is 26.7 Å². The van der Waals surface area contributed by atoms with Gasteiger partial charge in [0.25, 0.3) is 11.8 Å². The van der Waals surface area contributed by atoms with Crippen LogP contribution in [0.4, 0.5) is 4.79 Å². The third-order valence-corrected chi connectivity index (χ3v) is 3.73. The molecule has 0 aliphatic carbocycles. The summed E-state index contributed by atoms with van der Waals surface area (Å²) in [6.45, 7) is 0.546. The summed E-state index contributed by atoms with van der Waals surface area (Å²) in [4.78, 5) is 49.1. The van der Waals surface area contributed by atoms with Gasteiger partial charge >= 0.3 is 12.0 Å². The molecular weight excluding hydrogens is 314 g/mol. The summed E-state index contributed by atoms with van der Waals surface area (Å²) in [5.41, 5.74) is 0.756. The van der Waals surface area contributed by atoms with E-state index in [-0.39, 0.29) is 43.9 Å². The third-order valence-electron chi connectivity index (χ3n) is 3.73. The number of urea groups is 1. The lowest BCUT2D eigenvalue weighted by atomic mass is 10.1. The Hall–Kier alpha value is -2.90. The first kappa shape index (κ1) is 17.5. The van der Waals surface area contributed by atoms with Gasteiger partial charge in [0.05, 0.1) is 11.1 Å². The van der Waals surface area contributed by atoms with E-state index in [1.165, 1.54) is 4.90 Å². The lowest BCUT2D eigenvalue weighted by Crippen LogP contribution is -2.43. The minimum absolute atomic E-state index is 0.0148. The molecule has 0 atom stereocenters. The highest BCUT2D eigenvalue weighted by Gasteiger charge is 2.34. The summed E-state index contributed by atoms with van der Waals surface area (Å²) in [6, 6.07) is 6.23. The van der Waals surface area contributed by atoms with Crippen molar-refractivity contribution in [3.63, 3.8) is 0 Å². The Morgan fingerprint density at radius 1 is 1.17 bits per heavy atom. The molecule has 0 saturated carbocycles. The number of benzene rings is 1. The molecule has 24 heavy (non-hydrogen) atoms. The van der Waals surface area contributed by atoms with E-state index in [1.54, 1.807) is 31.3 Å². The molecule has 0 spiro atoms. The molecule has 0 bridgehead atoms. The molecule has 8 nitrogen and oxygen atoms in total. The van der Waals surface area contributed by atoms with Gasteiger partial charge in [-0.3, -0.25) is 19.3 Å². The maximum Gasteiger partial charge on any atom is 0.317 e. The number of nitrogens with zero attached hydrogens (tertiary/aromatic N) is 2. The van der Waals surface area contributed by atoms with Gasteiger partial charge in [-0.25, -0.2) is 4.79 Å². The van der Waals surface area contributed by atoms with E-state index in [9.17, 15) is 19.2 Å². The summed E-state index contributed by atoms with van der Waals surface area (Å²) in [7, 11) is 1.55. The van der Waals surface area contributed by atoms with Crippen LogP contribution in [-0.2, 0) is 4.79 Å². The zero-order valence-electron chi connectivity index (χ0n) is 13.3. The summed E-state index contributed by atoms with van der Waals surface area (Å²) >= 11 is 0. The molecule has 0 fully saturated rings. The SMILES string of the molecule is CN(CCN1C(=O)c2ccccc2C1=O)C(=O)NCCCC(=O)O. The van der Waals surface area contributed by atoms with Gasteiger partial charge in [-0.1, -0.05) is 12.1 Å². The van der Waals surface area contributed by atoms with Crippen molar-refractivity contribution in [3.05, 3.63) is 35.4 Å². The van der Waals surface area contributed by atoms with E-state index < -0.39 is 5.97 Å². The van der Waals surface area contributed by atoms with Crippen molar-refractivity contribution in [1.29, 1.82) is 0 Å². The van der Waals surface area contributed by atoms with E-state index in [2.05, 4.69) is 5.32 Å². The number of likely N-dealkylation sites (N-methyl/N-ethyl adjacent to an activating group) is 1. The summed E-state index contributed by atoms with van der Waals surface area (Å²) in [5.74, 6) is -1.63. The largest absolute Gasteiger partial charge is 0.481 e. The third kappa shape index (κ3) is 3.89. The molecule has 1 aliphatic rings. The molecule has 4 amide bonds. The fourth-order valence-electron chi connectivity index (χ4n) is 2.36. The quantitative estimate of drug-likeness (QED) is 0.567. The van der Waals surface area contributed by atoms with Crippen LogP contribution < -0.4 is 5.32 Å². The van der Waals surface area contributed by atoms with Crippen LogP contribution in [0, 0.1) is 0 Å². The van der Waals surface area contributed by atoms with E-state index in [4.69, 9.17) is 5.11 Å². The van der Waals surface area contributed by atoms with Gasteiger partial charge in [0, 0.05) is 33.1 Å². The van der Waals surface area contributed by atoms with E-state index in [0.29, 0.717) is 17.5 Å². The number of nitrogens with one attached hydrogen (secondary N) is 1. The molecule has 2 N–H and O–H groups in total.